The van der Waals surface area contributed by atoms with Crippen LogP contribution in [0.4, 0.5) is 0 Å². The summed E-state index contributed by atoms with van der Waals surface area (Å²) >= 11 is 1.58. The van der Waals surface area contributed by atoms with Gasteiger partial charge in [0.25, 0.3) is 0 Å². The number of aliphatic hydroxyl groups excluding tert-OH is 1. The molecule has 0 saturated heterocycles. The summed E-state index contributed by atoms with van der Waals surface area (Å²) in [5, 5.41) is 12.3. The number of hydrogen-bond acceptors (Lipinski definition) is 3. The summed E-state index contributed by atoms with van der Waals surface area (Å²) in [6.07, 6.45) is 2.82. The molecule has 4 heteroatoms. The zero-order valence-corrected chi connectivity index (χ0v) is 12.7. The molecule has 0 aliphatic carbocycles. The average molecular weight is 261 g/mol. The van der Waals surface area contributed by atoms with Gasteiger partial charge in [0.1, 0.15) is 0 Å². The minimum atomic E-state index is -0.346. The van der Waals surface area contributed by atoms with Crippen LogP contribution in [0.15, 0.2) is 0 Å². The summed E-state index contributed by atoms with van der Waals surface area (Å²) in [6, 6.07) is -0.00561. The van der Waals surface area contributed by atoms with Gasteiger partial charge >= 0.3 is 0 Å². The van der Waals surface area contributed by atoms with Gasteiger partial charge in [0.05, 0.1) is 6.61 Å². The van der Waals surface area contributed by atoms with Gasteiger partial charge in [0, 0.05) is 16.7 Å². The first kappa shape index (κ1) is 16.8. The van der Waals surface area contributed by atoms with Crippen LogP contribution in [-0.2, 0) is 4.79 Å². The molecule has 0 spiro atoms. The van der Waals surface area contributed by atoms with Gasteiger partial charge < -0.3 is 10.4 Å². The highest BCUT2D eigenvalue weighted by Crippen LogP contribution is 2.26. The average Bonchev–Trinajstić information content (AvgIpc) is 2.17. The van der Waals surface area contributed by atoms with E-state index in [9.17, 15) is 9.90 Å². The summed E-state index contributed by atoms with van der Waals surface area (Å²) in [5.41, 5.74) is -0.346. The number of carbonyl (C=O) groups excluding carboxylic acids is 1. The van der Waals surface area contributed by atoms with Gasteiger partial charge in [0.15, 0.2) is 0 Å². The Hall–Kier alpha value is -0.220. The van der Waals surface area contributed by atoms with Crippen molar-refractivity contribution in [3.8, 4) is 0 Å². The smallest absolute Gasteiger partial charge is 0.225 e. The van der Waals surface area contributed by atoms with E-state index in [2.05, 4.69) is 19.2 Å². The van der Waals surface area contributed by atoms with E-state index < -0.39 is 0 Å². The maximum Gasteiger partial charge on any atom is 0.225 e. The topological polar surface area (TPSA) is 49.3 Å². The molecule has 0 aliphatic rings. The van der Waals surface area contributed by atoms with E-state index in [1.54, 1.807) is 11.8 Å². The van der Waals surface area contributed by atoms with E-state index in [-0.39, 0.29) is 29.2 Å². The van der Waals surface area contributed by atoms with E-state index in [1.165, 1.54) is 0 Å². The monoisotopic (exact) mass is 261 g/mol. The number of carbonyl (C=O) groups is 1. The molecule has 0 aromatic heterocycles. The van der Waals surface area contributed by atoms with Crippen LogP contribution in [0.1, 0.15) is 41.0 Å². The lowest BCUT2D eigenvalue weighted by molar-refractivity contribution is -0.130. The molecule has 1 amide bonds. The molecule has 0 bridgehead atoms. The van der Waals surface area contributed by atoms with Crippen LogP contribution in [0.3, 0.4) is 0 Å². The second-order valence-corrected chi connectivity index (χ2v) is 6.78. The van der Waals surface area contributed by atoms with Gasteiger partial charge in [-0.2, -0.15) is 11.8 Å². The van der Waals surface area contributed by atoms with Gasteiger partial charge in [-0.25, -0.2) is 0 Å². The van der Waals surface area contributed by atoms with E-state index in [0.29, 0.717) is 5.92 Å². The summed E-state index contributed by atoms with van der Waals surface area (Å²) in [5.74, 6) is 0.575. The molecule has 0 fully saturated rings. The van der Waals surface area contributed by atoms with Crippen LogP contribution in [0, 0.1) is 11.3 Å². The Balaban J connectivity index is 4.42. The molecule has 2 unspecified atom stereocenters. The number of hydrogen-bond donors (Lipinski definition) is 2. The highest BCUT2D eigenvalue weighted by molar-refractivity contribution is 7.99. The van der Waals surface area contributed by atoms with Crippen LogP contribution in [0.5, 0.6) is 0 Å². The van der Waals surface area contributed by atoms with Crippen molar-refractivity contribution in [1.82, 2.24) is 5.32 Å². The first-order valence-electron chi connectivity index (χ1n) is 6.19. The summed E-state index contributed by atoms with van der Waals surface area (Å²) in [7, 11) is 0. The molecule has 0 heterocycles. The fraction of sp³-hybridized carbons (Fsp3) is 0.923. The Labute approximate surface area is 110 Å². The van der Waals surface area contributed by atoms with Crippen molar-refractivity contribution in [3.63, 3.8) is 0 Å². The van der Waals surface area contributed by atoms with E-state index in [0.717, 1.165) is 6.42 Å². The quantitative estimate of drug-likeness (QED) is 0.739. The Morgan fingerprint density at radius 1 is 1.35 bits per heavy atom. The molecular formula is C13H27NO2S. The third-order valence-corrected chi connectivity index (χ3v) is 4.10. The summed E-state index contributed by atoms with van der Waals surface area (Å²) < 4.78 is 0. The lowest BCUT2D eigenvalue weighted by atomic mass is 9.83. The zero-order valence-electron chi connectivity index (χ0n) is 11.9. The fourth-order valence-electron chi connectivity index (χ4n) is 2.05. The number of rotatable bonds is 7. The SMILES string of the molecule is CSC(CO)C(C)NC(=O)C(C)(C)CC(C)C. The Kier molecular flexibility index (Phi) is 7.17. The maximum atomic E-state index is 12.1. The number of aliphatic hydroxyl groups is 1. The summed E-state index contributed by atoms with van der Waals surface area (Å²) in [4.78, 5) is 12.1. The molecule has 0 saturated carbocycles. The molecule has 0 aliphatic heterocycles. The third-order valence-electron chi connectivity index (χ3n) is 2.93. The molecule has 0 aromatic rings. The number of nitrogens with one attached hydrogen (secondary N) is 1. The van der Waals surface area contributed by atoms with Crippen LogP contribution >= 0.6 is 11.8 Å². The van der Waals surface area contributed by atoms with Crippen molar-refractivity contribution in [2.75, 3.05) is 12.9 Å². The molecular weight excluding hydrogens is 234 g/mol. The van der Waals surface area contributed by atoms with Gasteiger partial charge in [-0.05, 0) is 25.5 Å². The molecule has 2 N–H and O–H groups in total. The minimum Gasteiger partial charge on any atom is -0.395 e. The summed E-state index contributed by atoms with van der Waals surface area (Å²) in [6.45, 7) is 10.2. The van der Waals surface area contributed by atoms with Crippen molar-refractivity contribution in [1.29, 1.82) is 0 Å². The first-order chi connectivity index (χ1) is 7.74. The van der Waals surface area contributed by atoms with Crippen LogP contribution in [0.25, 0.3) is 0 Å². The first-order valence-corrected chi connectivity index (χ1v) is 7.48. The van der Waals surface area contributed by atoms with Gasteiger partial charge in [-0.3, -0.25) is 4.79 Å². The fourth-order valence-corrected chi connectivity index (χ4v) is 2.67. The number of amides is 1. The Morgan fingerprint density at radius 3 is 2.24 bits per heavy atom. The van der Waals surface area contributed by atoms with E-state index in [4.69, 9.17) is 0 Å². The molecule has 2 atom stereocenters. The van der Waals surface area contributed by atoms with Crippen molar-refractivity contribution in [3.05, 3.63) is 0 Å². The molecule has 0 aromatic carbocycles. The van der Waals surface area contributed by atoms with Gasteiger partial charge in [-0.15, -0.1) is 0 Å². The van der Waals surface area contributed by atoms with Crippen molar-refractivity contribution in [2.24, 2.45) is 11.3 Å². The molecule has 0 rings (SSSR count). The largest absolute Gasteiger partial charge is 0.395 e. The standard InChI is InChI=1S/C13H27NO2S/c1-9(2)7-13(4,5)12(16)14-10(3)11(8-15)17-6/h9-11,15H,7-8H2,1-6H3,(H,14,16). The van der Waals surface area contributed by atoms with Crippen LogP contribution in [0.2, 0.25) is 0 Å². The normalized spacial score (nSPS) is 15.8. The predicted molar refractivity (Wildman–Crippen MR) is 75.2 cm³/mol. The third kappa shape index (κ3) is 5.77. The van der Waals surface area contributed by atoms with Crippen molar-refractivity contribution < 1.29 is 9.90 Å². The van der Waals surface area contributed by atoms with Crippen molar-refractivity contribution in [2.45, 2.75) is 52.3 Å². The second kappa shape index (κ2) is 7.27. The molecule has 102 valence electrons. The Morgan fingerprint density at radius 2 is 1.88 bits per heavy atom. The highest BCUT2D eigenvalue weighted by atomic mass is 32.2. The predicted octanol–water partition coefficient (Wildman–Crippen LogP) is 2.29. The highest BCUT2D eigenvalue weighted by Gasteiger charge is 2.30. The van der Waals surface area contributed by atoms with E-state index in [1.807, 2.05) is 27.0 Å². The van der Waals surface area contributed by atoms with Gasteiger partial charge in [-0.1, -0.05) is 27.7 Å². The minimum absolute atomic E-state index is 0.00561. The lowest BCUT2D eigenvalue weighted by Gasteiger charge is -2.29. The Bertz CT molecular complexity index is 238. The number of thioether (sulfide) groups is 1. The molecule has 3 nitrogen and oxygen atoms in total. The van der Waals surface area contributed by atoms with Crippen molar-refractivity contribution >= 4 is 17.7 Å². The second-order valence-electron chi connectivity index (χ2n) is 5.70. The lowest BCUT2D eigenvalue weighted by Crippen LogP contribution is -2.47. The zero-order chi connectivity index (χ0) is 13.6. The van der Waals surface area contributed by atoms with E-state index >= 15 is 0 Å². The van der Waals surface area contributed by atoms with Crippen LogP contribution < -0.4 is 5.32 Å². The molecule has 17 heavy (non-hydrogen) atoms. The maximum absolute atomic E-state index is 12.1. The van der Waals surface area contributed by atoms with Crippen LogP contribution in [-0.4, -0.2) is 35.2 Å². The van der Waals surface area contributed by atoms with Gasteiger partial charge in [0.2, 0.25) is 5.91 Å². The molecule has 0 radical (unpaired) electrons.